The molecule has 1 atom stereocenters. The van der Waals surface area contributed by atoms with Gasteiger partial charge in [0.25, 0.3) is 0 Å². The molecule has 2 amide bonds. The lowest BCUT2D eigenvalue weighted by atomic mass is 10.1. The van der Waals surface area contributed by atoms with Gasteiger partial charge in [-0.3, -0.25) is 9.59 Å². The van der Waals surface area contributed by atoms with E-state index in [1.54, 1.807) is 7.11 Å². The standard InChI is InChI=1S/C25H33N3O3/c1-3-8-23(27-24(29)14-13-19-9-6-12-22(17-19)31-2)25(30)26-20-10-7-11-21(18-20)28-15-4-5-16-28/h6-7,9-12,17-18,23H,3-5,8,13-16H2,1-2H3,(H,26,30)(H,27,29). The van der Waals surface area contributed by atoms with E-state index in [1.807, 2.05) is 49.4 Å². The van der Waals surface area contributed by atoms with Crippen LogP contribution in [0.3, 0.4) is 0 Å². The number of nitrogens with one attached hydrogen (secondary N) is 2. The van der Waals surface area contributed by atoms with Gasteiger partial charge in [0.15, 0.2) is 0 Å². The molecule has 0 radical (unpaired) electrons. The minimum absolute atomic E-state index is 0.123. The summed E-state index contributed by atoms with van der Waals surface area (Å²) >= 11 is 0. The number of hydrogen-bond donors (Lipinski definition) is 2. The van der Waals surface area contributed by atoms with Crippen molar-refractivity contribution in [3.05, 3.63) is 54.1 Å². The van der Waals surface area contributed by atoms with Crippen LogP contribution >= 0.6 is 0 Å². The zero-order valence-electron chi connectivity index (χ0n) is 18.5. The number of nitrogens with zero attached hydrogens (tertiary/aromatic N) is 1. The fraction of sp³-hybridized carbons (Fsp3) is 0.440. The molecular weight excluding hydrogens is 390 g/mol. The maximum Gasteiger partial charge on any atom is 0.246 e. The topological polar surface area (TPSA) is 70.7 Å². The normalized spacial score (nSPS) is 14.2. The van der Waals surface area contributed by atoms with Crippen LogP contribution in [-0.2, 0) is 16.0 Å². The van der Waals surface area contributed by atoms with E-state index < -0.39 is 6.04 Å². The fourth-order valence-corrected chi connectivity index (χ4v) is 3.89. The van der Waals surface area contributed by atoms with Gasteiger partial charge in [-0.1, -0.05) is 31.5 Å². The van der Waals surface area contributed by atoms with Crippen molar-refractivity contribution in [2.75, 3.05) is 30.4 Å². The molecule has 1 aliphatic rings. The summed E-state index contributed by atoms with van der Waals surface area (Å²) in [6, 6.07) is 15.1. The van der Waals surface area contributed by atoms with E-state index in [4.69, 9.17) is 4.74 Å². The zero-order valence-corrected chi connectivity index (χ0v) is 18.5. The lowest BCUT2D eigenvalue weighted by Crippen LogP contribution is -2.43. The Labute approximate surface area is 185 Å². The fourth-order valence-electron chi connectivity index (χ4n) is 3.89. The van der Waals surface area contributed by atoms with Crippen LogP contribution in [0, 0.1) is 0 Å². The van der Waals surface area contributed by atoms with E-state index >= 15 is 0 Å². The molecule has 166 valence electrons. The van der Waals surface area contributed by atoms with Crippen LogP contribution in [0.1, 0.15) is 44.6 Å². The van der Waals surface area contributed by atoms with E-state index in [-0.39, 0.29) is 11.8 Å². The molecule has 1 saturated heterocycles. The van der Waals surface area contributed by atoms with E-state index in [1.165, 1.54) is 12.8 Å². The van der Waals surface area contributed by atoms with Crippen molar-refractivity contribution in [3.63, 3.8) is 0 Å². The minimum Gasteiger partial charge on any atom is -0.497 e. The second kappa shape index (κ2) is 11.4. The van der Waals surface area contributed by atoms with Crippen LogP contribution in [0.2, 0.25) is 0 Å². The third kappa shape index (κ3) is 6.74. The van der Waals surface area contributed by atoms with Crippen molar-refractivity contribution in [3.8, 4) is 5.75 Å². The molecule has 31 heavy (non-hydrogen) atoms. The van der Waals surface area contributed by atoms with Crippen LogP contribution in [0.4, 0.5) is 11.4 Å². The number of carbonyl (C=O) groups excluding carboxylic acids is 2. The molecule has 0 saturated carbocycles. The lowest BCUT2D eigenvalue weighted by molar-refractivity contribution is -0.126. The minimum atomic E-state index is -0.543. The molecule has 6 nitrogen and oxygen atoms in total. The number of amides is 2. The summed E-state index contributed by atoms with van der Waals surface area (Å²) in [4.78, 5) is 27.7. The van der Waals surface area contributed by atoms with E-state index in [2.05, 4.69) is 21.6 Å². The third-order valence-corrected chi connectivity index (χ3v) is 5.59. The van der Waals surface area contributed by atoms with Gasteiger partial charge < -0.3 is 20.3 Å². The average Bonchev–Trinajstić information content (AvgIpc) is 3.33. The summed E-state index contributed by atoms with van der Waals surface area (Å²) in [7, 11) is 1.63. The van der Waals surface area contributed by atoms with Gasteiger partial charge in [-0.25, -0.2) is 0 Å². The second-order valence-electron chi connectivity index (χ2n) is 7.99. The predicted octanol–water partition coefficient (Wildman–Crippen LogP) is 4.15. The average molecular weight is 424 g/mol. The summed E-state index contributed by atoms with van der Waals surface area (Å²) in [6.45, 7) is 4.12. The van der Waals surface area contributed by atoms with Crippen LogP contribution in [-0.4, -0.2) is 38.1 Å². The Balaban J connectivity index is 1.55. The Morgan fingerprint density at radius 2 is 1.87 bits per heavy atom. The van der Waals surface area contributed by atoms with Gasteiger partial charge in [0.2, 0.25) is 11.8 Å². The third-order valence-electron chi connectivity index (χ3n) is 5.59. The highest BCUT2D eigenvalue weighted by atomic mass is 16.5. The molecule has 3 rings (SSSR count). The monoisotopic (exact) mass is 423 g/mol. The maximum atomic E-state index is 12.9. The van der Waals surface area contributed by atoms with Gasteiger partial charge in [0, 0.05) is 30.9 Å². The van der Waals surface area contributed by atoms with Crippen molar-refractivity contribution < 1.29 is 14.3 Å². The number of ether oxygens (including phenoxy) is 1. The van der Waals surface area contributed by atoms with Gasteiger partial charge in [0.05, 0.1) is 7.11 Å². The van der Waals surface area contributed by atoms with Crippen LogP contribution < -0.4 is 20.3 Å². The Hall–Kier alpha value is -3.02. The van der Waals surface area contributed by atoms with Crippen LogP contribution in [0.25, 0.3) is 0 Å². The molecule has 0 bridgehead atoms. The van der Waals surface area contributed by atoms with Gasteiger partial charge >= 0.3 is 0 Å². The highest BCUT2D eigenvalue weighted by Gasteiger charge is 2.20. The molecule has 1 aliphatic heterocycles. The highest BCUT2D eigenvalue weighted by Crippen LogP contribution is 2.23. The number of rotatable bonds is 10. The van der Waals surface area contributed by atoms with E-state index in [0.717, 1.165) is 42.2 Å². The first kappa shape index (κ1) is 22.7. The maximum absolute atomic E-state index is 12.9. The molecule has 0 aliphatic carbocycles. The zero-order chi connectivity index (χ0) is 22.1. The van der Waals surface area contributed by atoms with Crippen molar-refractivity contribution in [1.82, 2.24) is 5.32 Å². The van der Waals surface area contributed by atoms with Crippen molar-refractivity contribution >= 4 is 23.2 Å². The van der Waals surface area contributed by atoms with Gasteiger partial charge in [-0.2, -0.15) is 0 Å². The van der Waals surface area contributed by atoms with Crippen molar-refractivity contribution in [2.24, 2.45) is 0 Å². The first-order valence-electron chi connectivity index (χ1n) is 11.2. The van der Waals surface area contributed by atoms with Gasteiger partial charge in [-0.15, -0.1) is 0 Å². The molecule has 1 heterocycles. The summed E-state index contributed by atoms with van der Waals surface area (Å²) in [5, 5.41) is 5.90. The molecule has 1 unspecified atom stereocenters. The van der Waals surface area contributed by atoms with Crippen molar-refractivity contribution in [2.45, 2.75) is 51.5 Å². The smallest absolute Gasteiger partial charge is 0.246 e. The quantitative estimate of drug-likeness (QED) is 0.602. The number of carbonyl (C=O) groups is 2. The van der Waals surface area contributed by atoms with Gasteiger partial charge in [-0.05, 0) is 61.6 Å². The molecule has 2 N–H and O–H groups in total. The molecule has 0 spiro atoms. The number of benzene rings is 2. The highest BCUT2D eigenvalue weighted by molar-refractivity contribution is 5.97. The molecule has 2 aromatic rings. The Morgan fingerprint density at radius 3 is 2.61 bits per heavy atom. The van der Waals surface area contributed by atoms with Crippen LogP contribution in [0.15, 0.2) is 48.5 Å². The molecule has 1 fully saturated rings. The Morgan fingerprint density at radius 1 is 1.10 bits per heavy atom. The summed E-state index contributed by atoms with van der Waals surface area (Å²) in [6.07, 6.45) is 4.74. The Bertz CT molecular complexity index is 878. The van der Waals surface area contributed by atoms with Crippen molar-refractivity contribution in [1.29, 1.82) is 0 Å². The molecule has 6 heteroatoms. The number of methoxy groups -OCH3 is 1. The second-order valence-corrected chi connectivity index (χ2v) is 7.99. The Kier molecular flexibility index (Phi) is 8.33. The lowest BCUT2D eigenvalue weighted by Gasteiger charge is -2.20. The number of hydrogen-bond acceptors (Lipinski definition) is 4. The summed E-state index contributed by atoms with van der Waals surface area (Å²) < 4.78 is 5.23. The SMILES string of the molecule is CCCC(NC(=O)CCc1cccc(OC)c1)C(=O)Nc1cccc(N2CCCC2)c1. The predicted molar refractivity (Wildman–Crippen MR) is 125 cm³/mol. The molecular formula is C25H33N3O3. The number of anilines is 2. The molecule has 0 aromatic heterocycles. The summed E-state index contributed by atoms with van der Waals surface area (Å²) in [5.41, 5.74) is 2.93. The molecule has 2 aromatic carbocycles. The summed E-state index contributed by atoms with van der Waals surface area (Å²) in [5.74, 6) is 0.481. The van der Waals surface area contributed by atoms with E-state index in [9.17, 15) is 9.59 Å². The van der Waals surface area contributed by atoms with Crippen LogP contribution in [0.5, 0.6) is 5.75 Å². The first-order valence-corrected chi connectivity index (χ1v) is 11.2. The van der Waals surface area contributed by atoms with Gasteiger partial charge in [0.1, 0.15) is 11.8 Å². The number of aryl methyl sites for hydroxylation is 1. The van der Waals surface area contributed by atoms with E-state index in [0.29, 0.717) is 19.3 Å². The largest absolute Gasteiger partial charge is 0.497 e. The first-order chi connectivity index (χ1) is 15.1.